The molecule has 1 aliphatic carbocycles. The smallest absolute Gasteiger partial charge is 0.269 e. The summed E-state index contributed by atoms with van der Waals surface area (Å²) in [7, 11) is -2.16. The molecule has 0 spiro atoms. The molecule has 2 rings (SSSR count). The number of sulfonamides is 1. The van der Waals surface area contributed by atoms with Gasteiger partial charge in [0.1, 0.15) is 0 Å². The molecule has 0 aliphatic heterocycles. The normalized spacial score (nSPS) is 17.8. The van der Waals surface area contributed by atoms with Crippen LogP contribution in [0.5, 0.6) is 0 Å². The van der Waals surface area contributed by atoms with Crippen molar-refractivity contribution in [1.82, 2.24) is 4.31 Å². The van der Waals surface area contributed by atoms with Gasteiger partial charge in [-0.2, -0.15) is 4.31 Å². The van der Waals surface area contributed by atoms with Crippen molar-refractivity contribution in [3.8, 4) is 0 Å². The van der Waals surface area contributed by atoms with Gasteiger partial charge in [0.05, 0.1) is 9.82 Å². The van der Waals surface area contributed by atoms with Crippen LogP contribution < -0.4 is 5.73 Å². The minimum Gasteiger partial charge on any atom is -0.329 e. The van der Waals surface area contributed by atoms with E-state index in [9.17, 15) is 18.5 Å². The predicted molar refractivity (Wildman–Crippen MR) is 73.7 cm³/mol. The first kappa shape index (κ1) is 14.9. The van der Waals surface area contributed by atoms with Crippen molar-refractivity contribution in [3.05, 3.63) is 34.4 Å². The summed E-state index contributed by atoms with van der Waals surface area (Å²) in [6, 6.07) is 4.90. The Morgan fingerprint density at radius 2 is 1.90 bits per heavy atom. The molecular formula is C12H17N3O4S. The molecular weight excluding hydrogens is 282 g/mol. The molecule has 0 radical (unpaired) electrons. The molecule has 2 N–H and O–H groups in total. The van der Waals surface area contributed by atoms with Gasteiger partial charge >= 0.3 is 0 Å². The molecule has 0 saturated heterocycles. The number of nitrogens with two attached hydrogens (primary N) is 1. The molecule has 0 aromatic heterocycles. The van der Waals surface area contributed by atoms with Crippen molar-refractivity contribution in [3.63, 3.8) is 0 Å². The van der Waals surface area contributed by atoms with Gasteiger partial charge in [0.2, 0.25) is 10.0 Å². The van der Waals surface area contributed by atoms with Crippen LogP contribution >= 0.6 is 0 Å². The first-order valence-electron chi connectivity index (χ1n) is 6.27. The molecule has 0 bridgehead atoms. The van der Waals surface area contributed by atoms with E-state index in [0.717, 1.165) is 19.3 Å². The molecule has 20 heavy (non-hydrogen) atoms. The highest BCUT2D eigenvalue weighted by atomic mass is 32.2. The number of benzene rings is 1. The lowest BCUT2D eigenvalue weighted by Gasteiger charge is -2.47. The molecule has 1 aromatic carbocycles. The van der Waals surface area contributed by atoms with Crippen molar-refractivity contribution in [2.75, 3.05) is 13.6 Å². The van der Waals surface area contributed by atoms with Crippen molar-refractivity contribution in [1.29, 1.82) is 0 Å². The zero-order valence-corrected chi connectivity index (χ0v) is 12.0. The molecule has 1 saturated carbocycles. The number of nitrogens with zero attached hydrogens (tertiary/aromatic N) is 2. The lowest BCUT2D eigenvalue weighted by molar-refractivity contribution is -0.384. The van der Waals surface area contributed by atoms with Crippen LogP contribution in [-0.4, -0.2) is 36.8 Å². The number of nitro benzene ring substituents is 1. The van der Waals surface area contributed by atoms with Crippen molar-refractivity contribution < 1.29 is 13.3 Å². The van der Waals surface area contributed by atoms with Crippen LogP contribution in [0.15, 0.2) is 29.2 Å². The van der Waals surface area contributed by atoms with Crippen molar-refractivity contribution in [2.45, 2.75) is 29.7 Å². The Balaban J connectivity index is 2.32. The van der Waals surface area contributed by atoms with Crippen molar-refractivity contribution >= 4 is 15.7 Å². The average Bonchev–Trinajstić information content (AvgIpc) is 2.38. The molecule has 110 valence electrons. The molecule has 8 heteroatoms. The minimum absolute atomic E-state index is 0.0466. The molecule has 0 amide bonds. The molecule has 0 heterocycles. The zero-order valence-electron chi connectivity index (χ0n) is 11.2. The maximum absolute atomic E-state index is 12.5. The summed E-state index contributed by atoms with van der Waals surface area (Å²) in [5, 5.41) is 10.6. The van der Waals surface area contributed by atoms with Crippen molar-refractivity contribution in [2.24, 2.45) is 5.73 Å². The Kier molecular flexibility index (Phi) is 3.81. The highest BCUT2D eigenvalue weighted by Crippen LogP contribution is 2.39. The van der Waals surface area contributed by atoms with Gasteiger partial charge in [-0.1, -0.05) is 0 Å². The van der Waals surface area contributed by atoms with Crippen LogP contribution in [0.4, 0.5) is 5.69 Å². The molecule has 1 fully saturated rings. The van der Waals surface area contributed by atoms with Gasteiger partial charge in [-0.25, -0.2) is 8.42 Å². The summed E-state index contributed by atoms with van der Waals surface area (Å²) in [5.74, 6) is 0. The first-order chi connectivity index (χ1) is 9.33. The summed E-state index contributed by atoms with van der Waals surface area (Å²) < 4.78 is 26.3. The van der Waals surface area contributed by atoms with Gasteiger partial charge in [-0.15, -0.1) is 0 Å². The summed E-state index contributed by atoms with van der Waals surface area (Å²) in [6.07, 6.45) is 2.44. The van der Waals surface area contributed by atoms with E-state index in [1.807, 2.05) is 0 Å². The number of rotatable bonds is 5. The third-order valence-electron chi connectivity index (χ3n) is 4.04. The molecule has 0 atom stereocenters. The van der Waals surface area contributed by atoms with Crippen LogP contribution in [0, 0.1) is 10.1 Å². The highest BCUT2D eigenvalue weighted by Gasteiger charge is 2.45. The third-order valence-corrected chi connectivity index (χ3v) is 6.01. The Morgan fingerprint density at radius 3 is 2.25 bits per heavy atom. The summed E-state index contributed by atoms with van der Waals surface area (Å²) in [4.78, 5) is 10.1. The quantitative estimate of drug-likeness (QED) is 0.647. The highest BCUT2D eigenvalue weighted by molar-refractivity contribution is 7.89. The maximum atomic E-state index is 12.5. The van der Waals surface area contributed by atoms with E-state index in [1.54, 1.807) is 0 Å². The van der Waals surface area contributed by atoms with E-state index in [1.165, 1.54) is 35.6 Å². The Bertz CT molecular complexity index is 603. The Morgan fingerprint density at radius 1 is 1.35 bits per heavy atom. The second-order valence-electron chi connectivity index (χ2n) is 5.01. The molecule has 1 aliphatic rings. The predicted octanol–water partition coefficient (Wildman–Crippen LogP) is 1.10. The summed E-state index contributed by atoms with van der Waals surface area (Å²) in [5.41, 5.74) is 5.06. The largest absolute Gasteiger partial charge is 0.329 e. The standard InChI is InChI=1S/C12H17N3O4S/c1-14(12(9-13)7-2-8-12)20(18,19)11-5-3-10(4-6-11)15(16)17/h3-6H,2,7-9,13H2,1H3. The van der Waals surface area contributed by atoms with Gasteiger partial charge in [0.25, 0.3) is 5.69 Å². The number of hydrogen-bond donors (Lipinski definition) is 1. The van der Waals surface area contributed by atoms with E-state index in [2.05, 4.69) is 0 Å². The fourth-order valence-electron chi connectivity index (χ4n) is 2.39. The first-order valence-corrected chi connectivity index (χ1v) is 7.71. The van der Waals surface area contributed by atoms with Gasteiger partial charge in [0, 0.05) is 31.3 Å². The molecule has 1 aromatic rings. The van der Waals surface area contributed by atoms with Crippen LogP contribution in [0.3, 0.4) is 0 Å². The third kappa shape index (κ3) is 2.30. The van der Waals surface area contributed by atoms with Crippen LogP contribution in [0.2, 0.25) is 0 Å². The van der Waals surface area contributed by atoms with Crippen LogP contribution in [0.1, 0.15) is 19.3 Å². The lowest BCUT2D eigenvalue weighted by Crippen LogP contribution is -2.58. The van der Waals surface area contributed by atoms with Crippen LogP contribution in [0.25, 0.3) is 0 Å². The van der Waals surface area contributed by atoms with Gasteiger partial charge in [-0.3, -0.25) is 10.1 Å². The van der Waals surface area contributed by atoms with E-state index >= 15 is 0 Å². The lowest BCUT2D eigenvalue weighted by atomic mass is 9.77. The second kappa shape index (κ2) is 5.12. The van der Waals surface area contributed by atoms with Crippen LogP contribution in [-0.2, 0) is 10.0 Å². The fraction of sp³-hybridized carbons (Fsp3) is 0.500. The zero-order chi connectivity index (χ0) is 15.0. The Labute approximate surface area is 117 Å². The van der Waals surface area contributed by atoms with Gasteiger partial charge in [-0.05, 0) is 31.4 Å². The second-order valence-corrected chi connectivity index (χ2v) is 6.97. The number of nitro groups is 1. The van der Waals surface area contributed by atoms with E-state index in [-0.39, 0.29) is 17.1 Å². The minimum atomic E-state index is -3.68. The fourth-order valence-corrected chi connectivity index (χ4v) is 3.95. The maximum Gasteiger partial charge on any atom is 0.269 e. The number of hydrogen-bond acceptors (Lipinski definition) is 5. The van der Waals surface area contributed by atoms with Gasteiger partial charge in [0.15, 0.2) is 0 Å². The molecule has 7 nitrogen and oxygen atoms in total. The average molecular weight is 299 g/mol. The topological polar surface area (TPSA) is 107 Å². The monoisotopic (exact) mass is 299 g/mol. The Hall–Kier alpha value is -1.51. The number of likely N-dealkylation sites (N-methyl/N-ethyl adjacent to an activating group) is 1. The summed E-state index contributed by atoms with van der Waals surface area (Å²) >= 11 is 0. The van der Waals surface area contributed by atoms with E-state index in [0.29, 0.717) is 0 Å². The van der Waals surface area contributed by atoms with E-state index < -0.39 is 20.5 Å². The van der Waals surface area contributed by atoms with E-state index in [4.69, 9.17) is 5.73 Å². The molecule has 0 unspecified atom stereocenters. The SMILES string of the molecule is CN(C1(CN)CCC1)S(=O)(=O)c1ccc([N+](=O)[O-])cc1. The number of non-ortho nitro benzene ring substituents is 1. The summed E-state index contributed by atoms with van der Waals surface area (Å²) in [6.45, 7) is 0.274. The van der Waals surface area contributed by atoms with Gasteiger partial charge < -0.3 is 5.73 Å².